The van der Waals surface area contributed by atoms with Crippen LogP contribution in [0.4, 0.5) is 0 Å². The highest BCUT2D eigenvalue weighted by atomic mass is 32.1. The van der Waals surface area contributed by atoms with Crippen LogP contribution in [-0.4, -0.2) is 6.61 Å². The summed E-state index contributed by atoms with van der Waals surface area (Å²) in [4.78, 5) is 6.08. The quantitative estimate of drug-likeness (QED) is 0.491. The van der Waals surface area contributed by atoms with Crippen LogP contribution in [0.2, 0.25) is 0 Å². The molecule has 10 heavy (non-hydrogen) atoms. The minimum atomic E-state index is 0.677. The first kappa shape index (κ1) is 7.41. The van der Waals surface area contributed by atoms with Gasteiger partial charge in [-0.25, -0.2) is 0 Å². The summed E-state index contributed by atoms with van der Waals surface area (Å²) in [5.41, 5.74) is 0. The molecule has 0 unspecified atom stereocenters. The van der Waals surface area contributed by atoms with Crippen molar-refractivity contribution in [3.63, 3.8) is 0 Å². The number of thiol groups is 1. The summed E-state index contributed by atoms with van der Waals surface area (Å²) in [5.74, 6) is 0. The van der Waals surface area contributed by atoms with Gasteiger partial charge in [0.2, 0.25) is 12.4 Å². The highest BCUT2D eigenvalue weighted by molar-refractivity contribution is 7.80. The molecule has 1 rings (SSSR count). The molecule has 54 valence electrons. The zero-order valence-electron chi connectivity index (χ0n) is 5.82. The van der Waals surface area contributed by atoms with Gasteiger partial charge in [0.05, 0.1) is 0 Å². The van der Waals surface area contributed by atoms with Gasteiger partial charge in [0.1, 0.15) is 0 Å². The lowest BCUT2D eigenvalue weighted by atomic mass is 10.5. The normalized spacial score (nSPS) is 9.40. The topological polar surface area (TPSA) is 13.1 Å². The Kier molecular flexibility index (Phi) is 2.57. The first-order valence-electron chi connectivity index (χ1n) is 3.16. The van der Waals surface area contributed by atoms with Crippen molar-refractivity contribution in [1.82, 2.24) is 0 Å². The number of rotatable bonds is 2. The third kappa shape index (κ3) is 1.92. The Balaban J connectivity index is 2.69. The van der Waals surface area contributed by atoms with Crippen LogP contribution in [0.15, 0.2) is 29.4 Å². The van der Waals surface area contributed by atoms with Crippen LogP contribution >= 0.6 is 12.6 Å². The Morgan fingerprint density at radius 3 is 2.60 bits per heavy atom. The van der Waals surface area contributed by atoms with Gasteiger partial charge in [-0.3, -0.25) is 4.84 Å². The number of hydrogen-bond donors (Lipinski definition) is 1. The molecule has 2 nitrogen and oxygen atoms in total. The first-order valence-corrected chi connectivity index (χ1v) is 3.61. The minimum absolute atomic E-state index is 0.677. The van der Waals surface area contributed by atoms with Crippen LogP contribution in [0.3, 0.4) is 0 Å². The monoisotopic (exact) mass is 156 g/mol. The summed E-state index contributed by atoms with van der Waals surface area (Å²) < 4.78 is 1.65. The maximum Gasteiger partial charge on any atom is 0.223 e. The van der Waals surface area contributed by atoms with Crippen LogP contribution in [0.5, 0.6) is 0 Å². The summed E-state index contributed by atoms with van der Waals surface area (Å²) in [6, 6.07) is 3.75. The third-order valence-corrected chi connectivity index (χ3v) is 1.36. The zero-order chi connectivity index (χ0) is 7.40. The molecular weight excluding hydrogens is 146 g/mol. The molecule has 1 aromatic heterocycles. The molecule has 1 heterocycles. The smallest absolute Gasteiger partial charge is 0.223 e. The lowest BCUT2D eigenvalue weighted by molar-refractivity contribution is -0.891. The van der Waals surface area contributed by atoms with Gasteiger partial charge in [-0.15, -0.1) is 12.6 Å². The molecule has 0 amide bonds. The van der Waals surface area contributed by atoms with Gasteiger partial charge in [-0.2, -0.15) is 0 Å². The first-order chi connectivity index (χ1) is 4.83. The maximum absolute atomic E-state index is 5.14. The second-order valence-electron chi connectivity index (χ2n) is 1.83. The third-order valence-electron chi connectivity index (χ3n) is 1.06. The van der Waals surface area contributed by atoms with E-state index in [-0.39, 0.29) is 0 Å². The summed E-state index contributed by atoms with van der Waals surface area (Å²) >= 11 is 4.13. The Labute approximate surface area is 65.8 Å². The van der Waals surface area contributed by atoms with E-state index >= 15 is 0 Å². The van der Waals surface area contributed by atoms with Crippen molar-refractivity contribution in [1.29, 1.82) is 0 Å². The van der Waals surface area contributed by atoms with E-state index in [1.807, 2.05) is 31.5 Å². The van der Waals surface area contributed by atoms with E-state index in [4.69, 9.17) is 4.84 Å². The molecule has 3 heteroatoms. The number of aromatic nitrogens is 1. The summed E-state index contributed by atoms with van der Waals surface area (Å²) in [6.45, 7) is 2.62. The van der Waals surface area contributed by atoms with E-state index < -0.39 is 0 Å². The molecular formula is C7H10NOS+. The van der Waals surface area contributed by atoms with Gasteiger partial charge >= 0.3 is 0 Å². The molecule has 0 aliphatic carbocycles. The standard InChI is InChI=1S/C7H9NOS/c1-2-9-8-5-3-7(10)4-6-8/h3-6H,2H2,1H3/p+1. The summed E-state index contributed by atoms with van der Waals surface area (Å²) in [6.07, 6.45) is 3.65. The Bertz CT molecular complexity index is 197. The average Bonchev–Trinajstić information content (AvgIpc) is 1.95. The second kappa shape index (κ2) is 3.46. The molecule has 0 saturated heterocycles. The second-order valence-corrected chi connectivity index (χ2v) is 2.35. The van der Waals surface area contributed by atoms with Gasteiger partial charge < -0.3 is 0 Å². The van der Waals surface area contributed by atoms with Crippen LogP contribution < -0.4 is 9.57 Å². The molecule has 0 atom stereocenters. The molecule has 0 spiro atoms. The zero-order valence-corrected chi connectivity index (χ0v) is 6.71. The largest absolute Gasteiger partial charge is 0.272 e. The summed E-state index contributed by atoms with van der Waals surface area (Å²) in [5, 5.41) is 0. The lowest BCUT2D eigenvalue weighted by Gasteiger charge is -1.92. The number of nitrogens with zero attached hydrogens (tertiary/aromatic N) is 1. The molecule has 0 aromatic carbocycles. The highest BCUT2D eigenvalue weighted by Gasteiger charge is 1.95. The van der Waals surface area contributed by atoms with Gasteiger partial charge in [0, 0.05) is 21.8 Å². The van der Waals surface area contributed by atoms with Crippen molar-refractivity contribution in [3.05, 3.63) is 24.5 Å². The minimum Gasteiger partial charge on any atom is -0.272 e. The van der Waals surface area contributed by atoms with Crippen molar-refractivity contribution in [2.24, 2.45) is 0 Å². The maximum atomic E-state index is 5.14. The number of hydrogen-bond acceptors (Lipinski definition) is 2. The molecule has 0 bridgehead atoms. The molecule has 0 aliphatic rings. The lowest BCUT2D eigenvalue weighted by Crippen LogP contribution is -2.41. The fourth-order valence-corrected chi connectivity index (χ4v) is 0.773. The molecule has 0 saturated carbocycles. The van der Waals surface area contributed by atoms with E-state index in [1.54, 1.807) is 4.73 Å². The SMILES string of the molecule is CCO[n+]1ccc(S)cc1. The molecule has 0 N–H and O–H groups in total. The fraction of sp³-hybridized carbons (Fsp3) is 0.286. The summed E-state index contributed by atoms with van der Waals surface area (Å²) in [7, 11) is 0. The predicted molar refractivity (Wildman–Crippen MR) is 41.0 cm³/mol. The number of pyridine rings is 1. The van der Waals surface area contributed by atoms with Crippen molar-refractivity contribution in [3.8, 4) is 0 Å². The Hall–Kier alpha value is -0.700. The van der Waals surface area contributed by atoms with Crippen molar-refractivity contribution >= 4 is 12.6 Å². The predicted octanol–water partition coefficient (Wildman–Crippen LogP) is 0.711. The molecule has 0 fully saturated rings. The van der Waals surface area contributed by atoms with Gasteiger partial charge in [0.25, 0.3) is 0 Å². The average molecular weight is 156 g/mol. The molecule has 0 radical (unpaired) electrons. The van der Waals surface area contributed by atoms with E-state index in [9.17, 15) is 0 Å². The fourth-order valence-electron chi connectivity index (χ4n) is 0.640. The van der Waals surface area contributed by atoms with Crippen molar-refractivity contribution < 1.29 is 9.57 Å². The Morgan fingerprint density at radius 2 is 2.10 bits per heavy atom. The van der Waals surface area contributed by atoms with Crippen molar-refractivity contribution in [2.45, 2.75) is 11.8 Å². The van der Waals surface area contributed by atoms with Gasteiger partial charge in [0.15, 0.2) is 6.61 Å². The highest BCUT2D eigenvalue weighted by Crippen LogP contribution is 1.98. The van der Waals surface area contributed by atoms with Crippen LogP contribution in [-0.2, 0) is 0 Å². The van der Waals surface area contributed by atoms with Gasteiger partial charge in [-0.1, -0.05) is 0 Å². The molecule has 0 aliphatic heterocycles. The van der Waals surface area contributed by atoms with Gasteiger partial charge in [-0.05, 0) is 6.92 Å². The molecule has 1 aromatic rings. The van der Waals surface area contributed by atoms with Crippen LogP contribution in [0, 0.1) is 0 Å². The van der Waals surface area contributed by atoms with E-state index in [1.165, 1.54) is 0 Å². The van der Waals surface area contributed by atoms with E-state index in [0.29, 0.717) is 6.61 Å². The Morgan fingerprint density at radius 1 is 1.50 bits per heavy atom. The van der Waals surface area contributed by atoms with Crippen LogP contribution in [0.25, 0.3) is 0 Å². The van der Waals surface area contributed by atoms with E-state index in [2.05, 4.69) is 12.6 Å². The van der Waals surface area contributed by atoms with E-state index in [0.717, 1.165) is 4.90 Å². The van der Waals surface area contributed by atoms with Crippen LogP contribution in [0.1, 0.15) is 6.92 Å². The van der Waals surface area contributed by atoms with Crippen molar-refractivity contribution in [2.75, 3.05) is 6.61 Å².